The van der Waals surface area contributed by atoms with E-state index >= 15 is 0 Å². The summed E-state index contributed by atoms with van der Waals surface area (Å²) in [6.45, 7) is 1.13. The lowest BCUT2D eigenvalue weighted by atomic mass is 10.2. The topological polar surface area (TPSA) is 43.3 Å². The summed E-state index contributed by atoms with van der Waals surface area (Å²) in [5.41, 5.74) is 2.58. The van der Waals surface area contributed by atoms with Crippen molar-refractivity contribution in [3.05, 3.63) is 95.9 Å². The monoisotopic (exact) mass is 434 g/mol. The van der Waals surface area contributed by atoms with Crippen LogP contribution >= 0.6 is 11.8 Å². The summed E-state index contributed by atoms with van der Waals surface area (Å²) in [6.07, 6.45) is 2.10. The fourth-order valence-electron chi connectivity index (χ4n) is 3.52. The minimum absolute atomic E-state index is 0.158. The number of carbonyl (C=O) groups excluding carboxylic acids is 1. The molecule has 1 aromatic heterocycles. The Hall–Kier alpha value is -3.25. The number of fused-ring (bicyclic) bond motifs is 1. The Bertz CT molecular complexity index is 1210. The van der Waals surface area contributed by atoms with E-state index in [-0.39, 0.29) is 11.7 Å². The number of benzene rings is 3. The van der Waals surface area contributed by atoms with Crippen LogP contribution in [0.15, 0.2) is 83.9 Å². The Labute approximate surface area is 185 Å². The lowest BCUT2D eigenvalue weighted by Gasteiger charge is -2.10. The fraction of sp³-hybridized carbons (Fsp3) is 0.160. The molecule has 31 heavy (non-hydrogen) atoms. The maximum atomic E-state index is 13.5. The van der Waals surface area contributed by atoms with Gasteiger partial charge in [-0.3, -0.25) is 4.79 Å². The van der Waals surface area contributed by atoms with E-state index in [1.807, 2.05) is 30.3 Å². The smallest absolute Gasteiger partial charge is 0.255 e. The number of ether oxygens (including phenoxy) is 1. The molecule has 1 heterocycles. The van der Waals surface area contributed by atoms with Gasteiger partial charge in [0.2, 0.25) is 0 Å². The average molecular weight is 435 g/mol. The van der Waals surface area contributed by atoms with Gasteiger partial charge in [-0.1, -0.05) is 42.5 Å². The Kier molecular flexibility index (Phi) is 6.57. The number of aromatic nitrogens is 1. The van der Waals surface area contributed by atoms with E-state index in [1.54, 1.807) is 43.1 Å². The Morgan fingerprint density at radius 1 is 1.06 bits per heavy atom. The van der Waals surface area contributed by atoms with Gasteiger partial charge in [-0.15, -0.1) is 11.8 Å². The molecule has 0 atom stereocenters. The zero-order chi connectivity index (χ0) is 21.6. The van der Waals surface area contributed by atoms with Crippen LogP contribution in [0.2, 0.25) is 0 Å². The van der Waals surface area contributed by atoms with Gasteiger partial charge < -0.3 is 14.6 Å². The Morgan fingerprint density at radius 3 is 2.71 bits per heavy atom. The number of rotatable bonds is 8. The molecule has 1 N–H and O–H groups in total. The van der Waals surface area contributed by atoms with E-state index in [0.717, 1.165) is 21.4 Å². The number of thioether (sulfide) groups is 1. The second-order valence-electron chi connectivity index (χ2n) is 7.08. The number of methoxy groups -OCH3 is 1. The van der Waals surface area contributed by atoms with Gasteiger partial charge in [0.05, 0.1) is 12.7 Å². The van der Waals surface area contributed by atoms with Crippen molar-refractivity contribution in [3.8, 4) is 5.75 Å². The number of halogens is 1. The van der Waals surface area contributed by atoms with Crippen molar-refractivity contribution in [2.24, 2.45) is 0 Å². The summed E-state index contributed by atoms with van der Waals surface area (Å²) < 4.78 is 20.9. The lowest BCUT2D eigenvalue weighted by Crippen LogP contribution is -2.27. The Balaban J connectivity index is 1.45. The summed E-state index contributed by atoms with van der Waals surface area (Å²) in [5, 5.41) is 4.12. The Morgan fingerprint density at radius 2 is 1.87 bits per heavy atom. The van der Waals surface area contributed by atoms with Gasteiger partial charge in [0, 0.05) is 40.8 Å². The summed E-state index contributed by atoms with van der Waals surface area (Å²) in [6, 6.07) is 22.1. The molecular weight excluding hydrogens is 411 g/mol. The third kappa shape index (κ3) is 4.91. The van der Waals surface area contributed by atoms with Crippen molar-refractivity contribution < 1.29 is 13.9 Å². The molecule has 0 aliphatic heterocycles. The lowest BCUT2D eigenvalue weighted by molar-refractivity contribution is 0.0949. The molecule has 4 nitrogen and oxygen atoms in total. The molecule has 0 aliphatic rings. The van der Waals surface area contributed by atoms with Crippen molar-refractivity contribution in [2.45, 2.75) is 17.2 Å². The standard InChI is InChI=1S/C25H23FN2O2S/c1-30-23-12-5-3-10-21(23)25(29)27-13-14-28-16-24(20-9-2-4-11-22(20)28)31-17-18-7-6-8-19(26)15-18/h2-12,15-16H,13-14,17H2,1H3,(H,27,29). The van der Waals surface area contributed by atoms with Crippen LogP contribution in [0.5, 0.6) is 5.75 Å². The third-order valence-corrected chi connectivity index (χ3v) is 6.14. The number of para-hydroxylation sites is 2. The highest BCUT2D eigenvalue weighted by molar-refractivity contribution is 7.98. The van der Waals surface area contributed by atoms with E-state index in [2.05, 4.69) is 28.2 Å². The van der Waals surface area contributed by atoms with Gasteiger partial charge >= 0.3 is 0 Å². The van der Waals surface area contributed by atoms with Crippen molar-refractivity contribution >= 4 is 28.6 Å². The van der Waals surface area contributed by atoms with Crippen LogP contribution in [-0.2, 0) is 12.3 Å². The summed E-state index contributed by atoms with van der Waals surface area (Å²) in [7, 11) is 1.56. The van der Waals surface area contributed by atoms with Gasteiger partial charge in [-0.2, -0.15) is 0 Å². The number of nitrogens with one attached hydrogen (secondary N) is 1. The van der Waals surface area contributed by atoms with Crippen molar-refractivity contribution in [3.63, 3.8) is 0 Å². The number of nitrogens with zero attached hydrogens (tertiary/aromatic N) is 1. The first-order valence-electron chi connectivity index (χ1n) is 10.0. The molecule has 3 aromatic carbocycles. The van der Waals surface area contributed by atoms with Crippen molar-refractivity contribution in [1.29, 1.82) is 0 Å². The highest BCUT2D eigenvalue weighted by atomic mass is 32.2. The number of hydrogen-bond acceptors (Lipinski definition) is 3. The van der Waals surface area contributed by atoms with Crippen molar-refractivity contribution in [1.82, 2.24) is 9.88 Å². The normalized spacial score (nSPS) is 10.9. The zero-order valence-corrected chi connectivity index (χ0v) is 18.0. The van der Waals surface area contributed by atoms with E-state index in [1.165, 1.54) is 6.07 Å². The first kappa shape index (κ1) is 21.0. The van der Waals surface area contributed by atoms with Gasteiger partial charge in [0.25, 0.3) is 5.91 Å². The summed E-state index contributed by atoms with van der Waals surface area (Å²) >= 11 is 1.68. The van der Waals surface area contributed by atoms with Gasteiger partial charge in [-0.25, -0.2) is 4.39 Å². The fourth-order valence-corrected chi connectivity index (χ4v) is 4.55. The van der Waals surface area contributed by atoms with Crippen LogP contribution in [0.25, 0.3) is 10.9 Å². The molecule has 6 heteroatoms. The average Bonchev–Trinajstić information content (AvgIpc) is 3.15. The minimum Gasteiger partial charge on any atom is -0.496 e. The minimum atomic E-state index is -0.216. The molecule has 0 saturated carbocycles. The molecule has 0 fully saturated rings. The van der Waals surface area contributed by atoms with E-state index in [0.29, 0.717) is 30.2 Å². The summed E-state index contributed by atoms with van der Waals surface area (Å²) in [4.78, 5) is 13.7. The molecule has 1 amide bonds. The molecule has 158 valence electrons. The third-order valence-electron chi connectivity index (χ3n) is 5.03. The SMILES string of the molecule is COc1ccccc1C(=O)NCCn1cc(SCc2cccc(F)c2)c2ccccc21. The molecular formula is C25H23FN2O2S. The molecule has 0 spiro atoms. The zero-order valence-electron chi connectivity index (χ0n) is 17.2. The van der Waals surface area contributed by atoms with E-state index in [4.69, 9.17) is 4.74 Å². The van der Waals surface area contributed by atoms with Crippen LogP contribution in [0.4, 0.5) is 4.39 Å². The second-order valence-corrected chi connectivity index (χ2v) is 8.10. The van der Waals surface area contributed by atoms with Crippen molar-refractivity contribution in [2.75, 3.05) is 13.7 Å². The van der Waals surface area contributed by atoms with Crippen LogP contribution < -0.4 is 10.1 Å². The van der Waals surface area contributed by atoms with Gasteiger partial charge in [-0.05, 0) is 35.9 Å². The number of hydrogen-bond donors (Lipinski definition) is 1. The quantitative estimate of drug-likeness (QED) is 0.372. The predicted octanol–water partition coefficient (Wildman–Crippen LogP) is 5.51. The number of carbonyl (C=O) groups is 1. The molecule has 0 unspecified atom stereocenters. The maximum Gasteiger partial charge on any atom is 0.255 e. The van der Waals surface area contributed by atoms with Crippen LogP contribution in [0, 0.1) is 5.82 Å². The largest absolute Gasteiger partial charge is 0.496 e. The van der Waals surface area contributed by atoms with Gasteiger partial charge in [0.15, 0.2) is 0 Å². The molecule has 0 bridgehead atoms. The van der Waals surface area contributed by atoms with E-state index < -0.39 is 0 Å². The predicted molar refractivity (Wildman–Crippen MR) is 123 cm³/mol. The molecule has 0 radical (unpaired) electrons. The van der Waals surface area contributed by atoms with Gasteiger partial charge in [0.1, 0.15) is 11.6 Å². The van der Waals surface area contributed by atoms with E-state index in [9.17, 15) is 9.18 Å². The first-order valence-corrected chi connectivity index (χ1v) is 11.0. The highest BCUT2D eigenvalue weighted by Gasteiger charge is 2.12. The highest BCUT2D eigenvalue weighted by Crippen LogP contribution is 2.32. The van der Waals surface area contributed by atoms with Crippen LogP contribution in [0.3, 0.4) is 0 Å². The van der Waals surface area contributed by atoms with Crippen LogP contribution in [0.1, 0.15) is 15.9 Å². The number of amides is 1. The molecule has 0 saturated heterocycles. The maximum absolute atomic E-state index is 13.5. The van der Waals surface area contributed by atoms with Crippen LogP contribution in [-0.4, -0.2) is 24.1 Å². The molecule has 4 rings (SSSR count). The first-order chi connectivity index (χ1) is 15.2. The molecule has 0 aliphatic carbocycles. The second kappa shape index (κ2) is 9.71. The molecule has 4 aromatic rings. The summed E-state index contributed by atoms with van der Waals surface area (Å²) in [5.74, 6) is 0.874.